The highest BCUT2D eigenvalue weighted by Gasteiger charge is 2.44. The normalized spacial score (nSPS) is 26.1. The molecular weight excluding hydrogens is 448 g/mol. The van der Waals surface area contributed by atoms with E-state index in [4.69, 9.17) is 23.4 Å². The molecule has 5 rings (SSSR count). The highest BCUT2D eigenvalue weighted by Crippen LogP contribution is 2.36. The van der Waals surface area contributed by atoms with E-state index in [9.17, 15) is 25.2 Å². The largest absolute Gasteiger partial charge is 0.463 e. The van der Waals surface area contributed by atoms with Crippen molar-refractivity contribution < 1.29 is 43.8 Å². The SMILES string of the molecule is CCc1cc2c(=O)c(-c3ccc4c(c3)OCO4)coc2cc1O[C@H]1O[C@@H](CO)[C@@H](O)[C@@H](O)[C@H]1O. The van der Waals surface area contributed by atoms with Crippen LogP contribution in [0.15, 0.2) is 45.8 Å². The Morgan fingerprint density at radius 2 is 1.82 bits per heavy atom. The number of benzene rings is 2. The van der Waals surface area contributed by atoms with Gasteiger partial charge < -0.3 is 43.8 Å². The fraction of sp³-hybridized carbons (Fsp3) is 0.375. The summed E-state index contributed by atoms with van der Waals surface area (Å²) in [7, 11) is 0. The lowest BCUT2D eigenvalue weighted by molar-refractivity contribution is -0.277. The van der Waals surface area contributed by atoms with Crippen molar-refractivity contribution in [2.45, 2.75) is 44.1 Å². The van der Waals surface area contributed by atoms with Gasteiger partial charge in [0.2, 0.25) is 18.5 Å². The third-order valence-corrected chi connectivity index (χ3v) is 6.11. The summed E-state index contributed by atoms with van der Waals surface area (Å²) < 4.78 is 27.7. The Kier molecular flexibility index (Phi) is 5.92. The van der Waals surface area contributed by atoms with Crippen LogP contribution >= 0.6 is 0 Å². The minimum absolute atomic E-state index is 0.127. The molecule has 34 heavy (non-hydrogen) atoms. The molecular formula is C24H24O10. The zero-order valence-electron chi connectivity index (χ0n) is 18.2. The van der Waals surface area contributed by atoms with E-state index in [1.165, 1.54) is 12.3 Å². The third kappa shape index (κ3) is 3.79. The van der Waals surface area contributed by atoms with Crippen molar-refractivity contribution in [3.8, 4) is 28.4 Å². The molecule has 0 spiro atoms. The average molecular weight is 472 g/mol. The van der Waals surface area contributed by atoms with Crippen molar-refractivity contribution in [3.05, 3.63) is 52.4 Å². The van der Waals surface area contributed by atoms with Crippen LogP contribution in [0.3, 0.4) is 0 Å². The number of aliphatic hydroxyl groups excluding tert-OH is 4. The van der Waals surface area contributed by atoms with Crippen LogP contribution in [0.4, 0.5) is 0 Å². The smallest absolute Gasteiger partial charge is 0.231 e. The predicted molar refractivity (Wildman–Crippen MR) is 118 cm³/mol. The molecule has 180 valence electrons. The van der Waals surface area contributed by atoms with Gasteiger partial charge in [-0.25, -0.2) is 0 Å². The average Bonchev–Trinajstić information content (AvgIpc) is 3.32. The van der Waals surface area contributed by atoms with Gasteiger partial charge in [0.15, 0.2) is 11.5 Å². The maximum absolute atomic E-state index is 13.3. The molecule has 2 aliphatic heterocycles. The molecule has 5 atom stereocenters. The summed E-state index contributed by atoms with van der Waals surface area (Å²) in [6.07, 6.45) is -5.23. The van der Waals surface area contributed by atoms with Crippen molar-refractivity contribution in [2.24, 2.45) is 0 Å². The van der Waals surface area contributed by atoms with Gasteiger partial charge in [-0.3, -0.25) is 4.79 Å². The molecule has 1 fully saturated rings. The summed E-state index contributed by atoms with van der Waals surface area (Å²) in [6.45, 7) is 1.42. The molecule has 0 amide bonds. The standard InChI is InChI=1S/C24H24O10/c1-2-11-5-13-17(7-16(11)33-24-23(29)22(28)21(27)19(8-25)34-24)30-9-14(20(13)26)12-3-4-15-18(6-12)32-10-31-15/h3-7,9,19,21-25,27-29H,2,8,10H2,1H3/t19-,21+,22+,23+,24-/m0/s1. The Hall–Kier alpha value is -3.15. The van der Waals surface area contributed by atoms with Crippen LogP contribution < -0.4 is 19.6 Å². The molecule has 0 radical (unpaired) electrons. The van der Waals surface area contributed by atoms with Crippen LogP contribution in [0.1, 0.15) is 12.5 Å². The zero-order chi connectivity index (χ0) is 24.0. The minimum Gasteiger partial charge on any atom is -0.463 e. The first-order chi connectivity index (χ1) is 16.4. The molecule has 3 heterocycles. The number of rotatable bonds is 5. The summed E-state index contributed by atoms with van der Waals surface area (Å²) in [5.74, 6) is 1.44. The molecule has 4 N–H and O–H groups in total. The number of ether oxygens (including phenoxy) is 4. The lowest BCUT2D eigenvalue weighted by atomic mass is 9.99. The molecule has 10 heteroatoms. The monoisotopic (exact) mass is 472 g/mol. The number of hydrogen-bond acceptors (Lipinski definition) is 10. The maximum atomic E-state index is 13.3. The van der Waals surface area contributed by atoms with Crippen molar-refractivity contribution in [2.75, 3.05) is 13.4 Å². The van der Waals surface area contributed by atoms with Gasteiger partial charge in [0.25, 0.3) is 0 Å². The van der Waals surface area contributed by atoms with Gasteiger partial charge in [0.1, 0.15) is 42.0 Å². The zero-order valence-corrected chi connectivity index (χ0v) is 18.2. The van der Waals surface area contributed by atoms with Crippen molar-refractivity contribution in [1.29, 1.82) is 0 Å². The highest BCUT2D eigenvalue weighted by atomic mass is 16.7. The van der Waals surface area contributed by atoms with Gasteiger partial charge in [-0.15, -0.1) is 0 Å². The Labute approximate surface area is 193 Å². The van der Waals surface area contributed by atoms with Crippen LogP contribution in [0.2, 0.25) is 0 Å². The molecule has 2 aromatic carbocycles. The van der Waals surface area contributed by atoms with E-state index in [-0.39, 0.29) is 23.6 Å². The minimum atomic E-state index is -1.57. The summed E-state index contributed by atoms with van der Waals surface area (Å²) in [4.78, 5) is 13.3. The molecule has 0 saturated carbocycles. The molecule has 0 unspecified atom stereocenters. The van der Waals surface area contributed by atoms with E-state index in [0.29, 0.717) is 40.0 Å². The van der Waals surface area contributed by atoms with Crippen molar-refractivity contribution >= 4 is 11.0 Å². The molecule has 2 aliphatic rings. The number of aryl methyl sites for hydroxylation is 1. The molecule has 1 aromatic heterocycles. The van der Waals surface area contributed by atoms with Gasteiger partial charge in [0, 0.05) is 6.07 Å². The molecule has 3 aromatic rings. The van der Waals surface area contributed by atoms with E-state index in [0.717, 1.165) is 0 Å². The van der Waals surface area contributed by atoms with E-state index in [1.807, 2.05) is 6.92 Å². The molecule has 1 saturated heterocycles. The van der Waals surface area contributed by atoms with Crippen LogP contribution in [0.5, 0.6) is 17.2 Å². The first kappa shape index (κ1) is 22.6. The fourth-order valence-corrected chi connectivity index (χ4v) is 4.14. The molecule has 0 aliphatic carbocycles. The fourth-order valence-electron chi connectivity index (χ4n) is 4.14. The Morgan fingerprint density at radius 3 is 2.59 bits per heavy atom. The van der Waals surface area contributed by atoms with E-state index in [2.05, 4.69) is 0 Å². The van der Waals surface area contributed by atoms with E-state index in [1.54, 1.807) is 24.3 Å². The first-order valence-corrected chi connectivity index (χ1v) is 10.9. The Morgan fingerprint density at radius 1 is 1.03 bits per heavy atom. The molecule has 0 bridgehead atoms. The third-order valence-electron chi connectivity index (χ3n) is 6.11. The lowest BCUT2D eigenvalue weighted by Gasteiger charge is -2.39. The van der Waals surface area contributed by atoms with Crippen LogP contribution in [0, 0.1) is 0 Å². The van der Waals surface area contributed by atoms with Gasteiger partial charge in [-0.1, -0.05) is 13.0 Å². The summed E-state index contributed by atoms with van der Waals surface area (Å²) >= 11 is 0. The number of aliphatic hydroxyl groups is 4. The van der Waals surface area contributed by atoms with E-state index >= 15 is 0 Å². The quantitative estimate of drug-likeness (QED) is 0.423. The molecule has 10 nitrogen and oxygen atoms in total. The van der Waals surface area contributed by atoms with Crippen LogP contribution in [-0.4, -0.2) is 64.5 Å². The van der Waals surface area contributed by atoms with Crippen LogP contribution in [-0.2, 0) is 11.2 Å². The second-order valence-electron chi connectivity index (χ2n) is 8.17. The summed E-state index contributed by atoms with van der Waals surface area (Å²) in [5.41, 5.74) is 1.63. The van der Waals surface area contributed by atoms with Gasteiger partial charge in [-0.2, -0.15) is 0 Å². The Bertz CT molecular complexity index is 1270. The van der Waals surface area contributed by atoms with Gasteiger partial charge >= 0.3 is 0 Å². The summed E-state index contributed by atoms with van der Waals surface area (Å²) in [6, 6.07) is 8.37. The second kappa shape index (κ2) is 8.90. The Balaban J connectivity index is 1.50. The van der Waals surface area contributed by atoms with Gasteiger partial charge in [-0.05, 0) is 35.7 Å². The predicted octanol–water partition coefficient (Wildman–Crippen LogP) is 0.930. The highest BCUT2D eigenvalue weighted by molar-refractivity contribution is 5.84. The van der Waals surface area contributed by atoms with Crippen molar-refractivity contribution in [3.63, 3.8) is 0 Å². The maximum Gasteiger partial charge on any atom is 0.231 e. The number of hydrogen-bond donors (Lipinski definition) is 4. The van der Waals surface area contributed by atoms with Crippen LogP contribution in [0.25, 0.3) is 22.1 Å². The van der Waals surface area contributed by atoms with Gasteiger partial charge in [0.05, 0.1) is 17.6 Å². The topological polar surface area (TPSA) is 148 Å². The first-order valence-electron chi connectivity index (χ1n) is 10.9. The number of fused-ring (bicyclic) bond motifs is 2. The van der Waals surface area contributed by atoms with E-state index < -0.39 is 37.3 Å². The lowest BCUT2D eigenvalue weighted by Crippen LogP contribution is -2.60. The summed E-state index contributed by atoms with van der Waals surface area (Å²) in [5, 5.41) is 40.0. The second-order valence-corrected chi connectivity index (χ2v) is 8.17. The van der Waals surface area contributed by atoms with Crippen molar-refractivity contribution in [1.82, 2.24) is 0 Å².